The summed E-state index contributed by atoms with van der Waals surface area (Å²) in [7, 11) is -3.25. The second-order valence-electron chi connectivity index (χ2n) is 11.5. The third-order valence-electron chi connectivity index (χ3n) is 7.27. The first-order valence-corrected chi connectivity index (χ1v) is 18.7. The molecular formula is C37H47F6N3O5S2. The normalized spacial score (nSPS) is 11.3. The highest BCUT2D eigenvalue weighted by molar-refractivity contribution is 7.86. The van der Waals surface area contributed by atoms with Crippen LogP contribution in [0.15, 0.2) is 89.9 Å². The highest BCUT2D eigenvalue weighted by Crippen LogP contribution is 2.29. The number of nitrogens with zero attached hydrogens (tertiary/aromatic N) is 3. The quantitative estimate of drug-likeness (QED) is 0.0227. The van der Waals surface area contributed by atoms with Crippen molar-refractivity contribution in [2.75, 3.05) is 19.8 Å². The fourth-order valence-electron chi connectivity index (χ4n) is 4.64. The minimum absolute atomic E-state index is 0.576. The molecule has 1 aromatic heterocycles. The average molecular weight is 792 g/mol. The zero-order valence-electron chi connectivity index (χ0n) is 30.0. The Morgan fingerprint density at radius 1 is 0.774 bits per heavy atom. The number of imidazole rings is 1. The fourth-order valence-corrected chi connectivity index (χ4v) is 4.73. The van der Waals surface area contributed by atoms with E-state index in [4.69, 9.17) is 22.4 Å². The molecule has 0 radical (unpaired) electrons. The van der Waals surface area contributed by atoms with E-state index >= 15 is 0 Å². The highest BCUT2D eigenvalue weighted by Gasteiger charge is 2.45. The summed E-state index contributed by atoms with van der Waals surface area (Å²) in [6, 6.07) is 27.4. The molecule has 3 aromatic carbocycles. The van der Waals surface area contributed by atoms with E-state index in [1.807, 2.05) is 24.3 Å². The minimum Gasteiger partial charge on any atom is -0.741 e. The monoisotopic (exact) mass is 791 g/mol. The van der Waals surface area contributed by atoms with Gasteiger partial charge in [0.2, 0.25) is 0 Å². The Morgan fingerprint density at radius 3 is 1.64 bits per heavy atom. The van der Waals surface area contributed by atoms with Crippen molar-refractivity contribution >= 4 is 38.5 Å². The Labute approximate surface area is 313 Å². The Balaban J connectivity index is 0.000000363. The zero-order chi connectivity index (χ0) is 39.8. The van der Waals surface area contributed by atoms with Gasteiger partial charge in [-0.25, -0.2) is 22.5 Å². The van der Waals surface area contributed by atoms with E-state index in [1.54, 1.807) is 24.3 Å². The summed E-state index contributed by atoms with van der Waals surface area (Å²) in [5.41, 5.74) is -2.00. The summed E-state index contributed by atoms with van der Waals surface area (Å²) in [5, 5.41) is 2.37. The maximum absolute atomic E-state index is 12.7. The van der Waals surface area contributed by atoms with Gasteiger partial charge in [0.05, 0.1) is 32.5 Å². The van der Waals surface area contributed by atoms with Crippen molar-refractivity contribution in [2.45, 2.75) is 76.8 Å². The van der Waals surface area contributed by atoms with E-state index in [2.05, 4.69) is 65.7 Å². The van der Waals surface area contributed by atoms with Crippen molar-refractivity contribution in [3.63, 3.8) is 0 Å². The highest BCUT2D eigenvalue weighted by atomic mass is 32.2. The van der Waals surface area contributed by atoms with Crippen LogP contribution in [-0.2, 0) is 53.1 Å². The van der Waals surface area contributed by atoms with Crippen LogP contribution in [-0.4, -0.2) is 48.0 Å². The molecule has 4 aromatic rings. The van der Waals surface area contributed by atoms with E-state index in [0.717, 1.165) is 54.8 Å². The zero-order valence-corrected chi connectivity index (χ0v) is 31.7. The van der Waals surface area contributed by atoms with Gasteiger partial charge in [0, 0.05) is 19.8 Å². The first kappa shape index (κ1) is 47.4. The number of hydrogen-bond acceptors (Lipinski definition) is 7. The van der Waals surface area contributed by atoms with Crippen molar-refractivity contribution in [1.29, 1.82) is 0 Å². The molecule has 0 spiro atoms. The average Bonchev–Trinajstić information content (AvgIpc) is 3.38. The van der Waals surface area contributed by atoms with Crippen LogP contribution in [0.25, 0.3) is 11.0 Å². The van der Waals surface area contributed by atoms with Gasteiger partial charge in [-0.05, 0) is 61.2 Å². The molecule has 0 fully saturated rings. The standard InChI is InChI=1S/C13H17NOS.C13H20O.C10H10F3N2.CHF3O3S/c16-12-14-9-5-2-6-10-15-11-13-7-3-1-4-8-13;1-2-3-4-8-11-14-12-13-9-6-5-7-10-13;1-14-7-5-3-4-6-8(7)15(2)9(14)10(11,12)13;2-1(3,4)8(5,6)7/h1,3-4,7-8H,2,5-6,9-11H2;5-7,9-10H,2-4,8,11-12H2,1H3;3-6H,1-2H3;(H,5,6,7)/q;;+1;/p-1. The molecule has 0 saturated heterocycles. The number of unbranched alkanes of at least 4 members (excludes halogenated alkanes) is 5. The maximum atomic E-state index is 12.7. The molecule has 0 aliphatic carbocycles. The van der Waals surface area contributed by atoms with Gasteiger partial charge in [-0.3, -0.25) is 0 Å². The van der Waals surface area contributed by atoms with Crippen molar-refractivity contribution in [2.24, 2.45) is 19.1 Å². The van der Waals surface area contributed by atoms with Crippen LogP contribution in [0.1, 0.15) is 68.8 Å². The number of benzene rings is 3. The lowest BCUT2D eigenvalue weighted by Crippen LogP contribution is -2.37. The number of hydrogen-bond donors (Lipinski definition) is 0. The van der Waals surface area contributed by atoms with Crippen LogP contribution >= 0.6 is 12.2 Å². The number of aromatic nitrogens is 2. The predicted molar refractivity (Wildman–Crippen MR) is 195 cm³/mol. The Morgan fingerprint density at radius 2 is 1.23 bits per heavy atom. The molecular weight excluding hydrogens is 745 g/mol. The van der Waals surface area contributed by atoms with Gasteiger partial charge >= 0.3 is 17.5 Å². The molecule has 8 nitrogen and oxygen atoms in total. The van der Waals surface area contributed by atoms with Gasteiger partial charge in [-0.2, -0.15) is 26.3 Å². The Kier molecular flexibility index (Phi) is 22.7. The van der Waals surface area contributed by atoms with E-state index in [1.165, 1.54) is 50.9 Å². The van der Waals surface area contributed by atoms with E-state index in [-0.39, 0.29) is 0 Å². The second-order valence-corrected chi connectivity index (χ2v) is 13.1. The van der Waals surface area contributed by atoms with E-state index in [9.17, 15) is 26.3 Å². The summed E-state index contributed by atoms with van der Waals surface area (Å²) in [6.45, 7) is 6.20. The Bertz CT molecular complexity index is 1690. The minimum atomic E-state index is -6.09. The molecule has 0 saturated carbocycles. The molecule has 0 aliphatic rings. The molecule has 1 heterocycles. The summed E-state index contributed by atoms with van der Waals surface area (Å²) >= 11 is 4.48. The molecule has 0 atom stereocenters. The van der Waals surface area contributed by atoms with Crippen LogP contribution < -0.4 is 4.57 Å². The lowest BCUT2D eigenvalue weighted by molar-refractivity contribution is -0.667. The van der Waals surface area contributed by atoms with E-state index < -0.39 is 27.6 Å². The van der Waals surface area contributed by atoms with Gasteiger partial charge < -0.3 is 14.0 Å². The van der Waals surface area contributed by atoms with Crippen molar-refractivity contribution in [3.8, 4) is 0 Å². The van der Waals surface area contributed by atoms with Crippen molar-refractivity contribution in [1.82, 2.24) is 4.57 Å². The lowest BCUT2D eigenvalue weighted by Gasteiger charge is -2.08. The molecule has 4 rings (SSSR count). The number of rotatable bonds is 15. The summed E-state index contributed by atoms with van der Waals surface area (Å²) in [5.74, 6) is -0.649. The number of fused-ring (bicyclic) bond motifs is 1. The molecule has 0 bridgehead atoms. The van der Waals surface area contributed by atoms with Gasteiger partial charge in [0.15, 0.2) is 21.2 Å². The topological polar surface area (TPSA) is 96.8 Å². The largest absolute Gasteiger partial charge is 0.741 e. The van der Waals surface area contributed by atoms with Crippen molar-refractivity contribution in [3.05, 3.63) is 102 Å². The number of halogens is 6. The molecule has 0 unspecified atom stereocenters. The third kappa shape index (κ3) is 19.8. The summed E-state index contributed by atoms with van der Waals surface area (Å²) < 4.78 is 110. The van der Waals surface area contributed by atoms with Gasteiger partial charge in [0.1, 0.15) is 0 Å². The van der Waals surface area contributed by atoms with Crippen LogP contribution in [0.2, 0.25) is 0 Å². The third-order valence-corrected chi connectivity index (χ3v) is 7.96. The summed E-state index contributed by atoms with van der Waals surface area (Å²) in [6.07, 6.45) is 4.06. The first-order chi connectivity index (χ1) is 25.0. The molecule has 0 amide bonds. The maximum Gasteiger partial charge on any atom is 0.495 e. The smallest absolute Gasteiger partial charge is 0.495 e. The van der Waals surface area contributed by atoms with Crippen LogP contribution in [0.5, 0.6) is 0 Å². The molecule has 16 heteroatoms. The number of thiocarbonyl (C=S) groups is 1. The van der Waals surface area contributed by atoms with Crippen LogP contribution in [0.4, 0.5) is 26.3 Å². The SMILES string of the molecule is CCCCCCOCc1ccccc1.Cn1c(C(F)(F)F)[n+](C)c2ccccc21.O=S(=O)([O-])C(F)(F)F.S=C=NCCCCCOCc1ccccc1. The van der Waals surface area contributed by atoms with Gasteiger partial charge in [-0.15, -0.1) is 0 Å². The van der Waals surface area contributed by atoms with Crippen LogP contribution in [0, 0.1) is 0 Å². The number of aliphatic imine (C=N–C) groups is 1. The predicted octanol–water partition coefficient (Wildman–Crippen LogP) is 9.33. The number of ether oxygens (including phenoxy) is 2. The van der Waals surface area contributed by atoms with Gasteiger partial charge in [0.25, 0.3) is 0 Å². The molecule has 294 valence electrons. The van der Waals surface area contributed by atoms with Crippen molar-refractivity contribution < 1.29 is 53.4 Å². The number of alkyl halides is 6. The lowest BCUT2D eigenvalue weighted by atomic mass is 10.2. The number of isothiocyanates is 1. The second kappa shape index (κ2) is 25.4. The molecule has 0 N–H and O–H groups in total. The van der Waals surface area contributed by atoms with Gasteiger partial charge in [-0.1, -0.05) is 99.0 Å². The molecule has 53 heavy (non-hydrogen) atoms. The number of aryl methyl sites for hydroxylation is 2. The fraction of sp³-hybridized carbons (Fsp3) is 0.459. The first-order valence-electron chi connectivity index (χ1n) is 16.8. The summed E-state index contributed by atoms with van der Waals surface area (Å²) in [4.78, 5) is 3.86. The Hall–Kier alpha value is -3.66. The molecule has 0 aliphatic heterocycles. The number of para-hydroxylation sites is 2. The van der Waals surface area contributed by atoms with Crippen LogP contribution in [0.3, 0.4) is 0 Å². The van der Waals surface area contributed by atoms with E-state index in [0.29, 0.717) is 17.6 Å².